The van der Waals surface area contributed by atoms with Crippen LogP contribution in [0, 0.1) is 0 Å². The number of carbonyl (C=O) groups excluding carboxylic acids is 1. The zero-order valence-electron chi connectivity index (χ0n) is 13.9. The van der Waals surface area contributed by atoms with Crippen molar-refractivity contribution in [1.82, 2.24) is 20.1 Å². The Hall–Kier alpha value is -3.29. The molecule has 1 aromatic carbocycles. The van der Waals surface area contributed by atoms with Gasteiger partial charge in [-0.25, -0.2) is 0 Å². The van der Waals surface area contributed by atoms with E-state index in [1.165, 1.54) is 10.7 Å². The van der Waals surface area contributed by atoms with Crippen molar-refractivity contribution in [1.29, 1.82) is 0 Å². The van der Waals surface area contributed by atoms with Crippen LogP contribution in [0.3, 0.4) is 0 Å². The van der Waals surface area contributed by atoms with Crippen LogP contribution in [0.1, 0.15) is 15.9 Å². The molecule has 0 saturated heterocycles. The highest BCUT2D eigenvalue weighted by Crippen LogP contribution is 2.22. The zero-order valence-corrected chi connectivity index (χ0v) is 13.9. The number of nitrogens with zero attached hydrogens (tertiary/aromatic N) is 3. The van der Waals surface area contributed by atoms with Crippen molar-refractivity contribution in [2.75, 3.05) is 0 Å². The molecule has 2 aromatic heterocycles. The summed E-state index contributed by atoms with van der Waals surface area (Å²) in [5.74, 6) is -0.342. The van der Waals surface area contributed by atoms with E-state index >= 15 is 0 Å². The van der Waals surface area contributed by atoms with E-state index in [4.69, 9.17) is 0 Å². The maximum absolute atomic E-state index is 12.6. The van der Waals surface area contributed by atoms with Crippen molar-refractivity contribution >= 4 is 5.91 Å². The Morgan fingerprint density at radius 1 is 1.27 bits per heavy atom. The SMILES string of the molecule is Cn1cc(C(=O)NCc2ccccc2OC(F)F)c(-c2cccnc2)n1. The van der Waals surface area contributed by atoms with E-state index < -0.39 is 6.61 Å². The van der Waals surface area contributed by atoms with Crippen LogP contribution in [-0.4, -0.2) is 27.3 Å². The van der Waals surface area contributed by atoms with Crippen molar-refractivity contribution < 1.29 is 18.3 Å². The van der Waals surface area contributed by atoms with E-state index in [1.54, 1.807) is 56.0 Å². The first kappa shape index (κ1) is 17.5. The third-order valence-corrected chi connectivity index (χ3v) is 3.64. The minimum absolute atomic E-state index is 0.0291. The summed E-state index contributed by atoms with van der Waals surface area (Å²) in [4.78, 5) is 16.6. The number of aryl methyl sites for hydroxylation is 1. The smallest absolute Gasteiger partial charge is 0.387 e. The van der Waals surface area contributed by atoms with Crippen LogP contribution in [0.5, 0.6) is 5.75 Å². The summed E-state index contributed by atoms with van der Waals surface area (Å²) in [6, 6.07) is 9.87. The van der Waals surface area contributed by atoms with Crippen molar-refractivity contribution in [3.8, 4) is 17.0 Å². The predicted octanol–water partition coefficient (Wildman–Crippen LogP) is 3.01. The highest BCUT2D eigenvalue weighted by atomic mass is 19.3. The number of benzene rings is 1. The van der Waals surface area contributed by atoms with Crippen LogP contribution in [-0.2, 0) is 13.6 Å². The van der Waals surface area contributed by atoms with Gasteiger partial charge in [-0.15, -0.1) is 0 Å². The number of aromatic nitrogens is 3. The highest BCUT2D eigenvalue weighted by Gasteiger charge is 2.18. The maximum atomic E-state index is 12.6. The molecule has 0 bridgehead atoms. The lowest BCUT2D eigenvalue weighted by molar-refractivity contribution is -0.0504. The Balaban J connectivity index is 1.78. The van der Waals surface area contributed by atoms with Crippen LogP contribution in [0.2, 0.25) is 0 Å². The molecule has 0 unspecified atom stereocenters. The molecule has 8 heteroatoms. The molecule has 0 spiro atoms. The van der Waals surface area contributed by atoms with Crippen LogP contribution in [0.15, 0.2) is 55.0 Å². The van der Waals surface area contributed by atoms with Crippen molar-refractivity contribution in [2.45, 2.75) is 13.2 Å². The Morgan fingerprint density at radius 2 is 2.08 bits per heavy atom. The first-order valence-electron chi connectivity index (χ1n) is 7.79. The minimum atomic E-state index is -2.93. The lowest BCUT2D eigenvalue weighted by Crippen LogP contribution is -2.23. The topological polar surface area (TPSA) is 69.0 Å². The number of nitrogens with one attached hydrogen (secondary N) is 1. The van der Waals surface area contributed by atoms with Crippen molar-refractivity contribution in [3.63, 3.8) is 0 Å². The summed E-state index contributed by atoms with van der Waals surface area (Å²) < 4.78 is 31.0. The summed E-state index contributed by atoms with van der Waals surface area (Å²) in [6.07, 6.45) is 4.84. The van der Waals surface area contributed by atoms with Crippen LogP contribution in [0.25, 0.3) is 11.3 Å². The van der Waals surface area contributed by atoms with Gasteiger partial charge >= 0.3 is 6.61 Å². The molecular weight excluding hydrogens is 342 g/mol. The molecule has 1 amide bonds. The van der Waals surface area contributed by atoms with Crippen LogP contribution in [0.4, 0.5) is 8.78 Å². The van der Waals surface area contributed by atoms with E-state index in [0.717, 1.165) is 0 Å². The monoisotopic (exact) mass is 358 g/mol. The molecule has 1 N–H and O–H groups in total. The maximum Gasteiger partial charge on any atom is 0.387 e. The first-order valence-corrected chi connectivity index (χ1v) is 7.79. The van der Waals surface area contributed by atoms with Gasteiger partial charge in [-0.1, -0.05) is 18.2 Å². The Morgan fingerprint density at radius 3 is 2.81 bits per heavy atom. The molecule has 0 saturated carbocycles. The summed E-state index contributed by atoms with van der Waals surface area (Å²) in [7, 11) is 1.71. The molecule has 6 nitrogen and oxygen atoms in total. The second-order valence-electron chi connectivity index (χ2n) is 5.48. The van der Waals surface area contributed by atoms with E-state index in [9.17, 15) is 13.6 Å². The predicted molar refractivity (Wildman–Crippen MR) is 90.7 cm³/mol. The van der Waals surface area contributed by atoms with Crippen molar-refractivity contribution in [3.05, 3.63) is 66.1 Å². The number of pyridine rings is 1. The van der Waals surface area contributed by atoms with Gasteiger partial charge in [-0.2, -0.15) is 13.9 Å². The summed E-state index contributed by atoms with van der Waals surface area (Å²) in [5, 5.41) is 7.02. The number of para-hydroxylation sites is 1. The average molecular weight is 358 g/mol. The molecule has 134 valence electrons. The fraction of sp³-hybridized carbons (Fsp3) is 0.167. The largest absolute Gasteiger partial charge is 0.434 e. The normalized spacial score (nSPS) is 10.8. The summed E-state index contributed by atoms with van der Waals surface area (Å²) in [5.41, 5.74) is 2.02. The lowest BCUT2D eigenvalue weighted by Gasteiger charge is -2.11. The number of alkyl halides is 2. The Kier molecular flexibility index (Phi) is 5.21. The molecule has 0 aliphatic rings. The van der Waals surface area contributed by atoms with Gasteiger partial charge in [0.25, 0.3) is 5.91 Å². The van der Waals surface area contributed by atoms with E-state index in [-0.39, 0.29) is 18.2 Å². The van der Waals surface area contributed by atoms with Crippen LogP contribution >= 0.6 is 0 Å². The van der Waals surface area contributed by atoms with E-state index in [1.807, 2.05) is 0 Å². The number of halogens is 2. The molecule has 0 fully saturated rings. The summed E-state index contributed by atoms with van der Waals surface area (Å²) >= 11 is 0. The second kappa shape index (κ2) is 7.73. The average Bonchev–Trinajstić information content (AvgIpc) is 3.03. The highest BCUT2D eigenvalue weighted by molar-refractivity contribution is 5.99. The van der Waals surface area contributed by atoms with Crippen LogP contribution < -0.4 is 10.1 Å². The standard InChI is InChI=1S/C18H16F2N4O2/c1-24-11-14(16(23-24)13-6-4-8-21-9-13)17(25)22-10-12-5-2-3-7-15(12)26-18(19)20/h2-9,11,18H,10H2,1H3,(H,22,25). The number of carbonyl (C=O) groups is 1. The number of hydrogen-bond acceptors (Lipinski definition) is 4. The fourth-order valence-corrected chi connectivity index (χ4v) is 2.50. The fourth-order valence-electron chi connectivity index (χ4n) is 2.50. The molecule has 0 aliphatic heterocycles. The van der Waals surface area contributed by atoms with Crippen molar-refractivity contribution in [2.24, 2.45) is 7.05 Å². The Labute approximate surface area is 148 Å². The number of ether oxygens (including phenoxy) is 1. The molecule has 26 heavy (non-hydrogen) atoms. The van der Waals surface area contributed by atoms with E-state index in [2.05, 4.69) is 20.1 Å². The van der Waals surface area contributed by atoms with Gasteiger partial charge in [-0.05, 0) is 18.2 Å². The van der Waals surface area contributed by atoms with Gasteiger partial charge in [0.05, 0.1) is 5.56 Å². The third kappa shape index (κ3) is 4.02. The van der Waals surface area contributed by atoms with Gasteiger partial charge in [0.2, 0.25) is 0 Å². The molecule has 0 atom stereocenters. The van der Waals surface area contributed by atoms with Gasteiger partial charge in [0, 0.05) is 43.3 Å². The lowest BCUT2D eigenvalue weighted by atomic mass is 10.1. The minimum Gasteiger partial charge on any atom is -0.434 e. The zero-order chi connectivity index (χ0) is 18.5. The first-order chi connectivity index (χ1) is 12.5. The number of rotatable bonds is 6. The summed E-state index contributed by atoms with van der Waals surface area (Å²) in [6.45, 7) is -2.88. The molecular formula is C18H16F2N4O2. The molecule has 0 aliphatic carbocycles. The molecule has 2 heterocycles. The number of amides is 1. The van der Waals surface area contributed by atoms with E-state index in [0.29, 0.717) is 22.4 Å². The van der Waals surface area contributed by atoms with Gasteiger partial charge in [0.15, 0.2) is 0 Å². The number of hydrogen-bond donors (Lipinski definition) is 1. The molecule has 3 rings (SSSR count). The molecule has 3 aromatic rings. The third-order valence-electron chi connectivity index (χ3n) is 3.64. The van der Waals surface area contributed by atoms with Gasteiger partial charge in [0.1, 0.15) is 11.4 Å². The second-order valence-corrected chi connectivity index (χ2v) is 5.48. The molecule has 0 radical (unpaired) electrons. The van der Waals surface area contributed by atoms with Gasteiger partial charge < -0.3 is 10.1 Å². The quantitative estimate of drug-likeness (QED) is 0.735. The van der Waals surface area contributed by atoms with Gasteiger partial charge in [-0.3, -0.25) is 14.5 Å². The Bertz CT molecular complexity index is 897.